The summed E-state index contributed by atoms with van der Waals surface area (Å²) in [4.78, 5) is 16.8. The molecule has 5 heteroatoms. The minimum Gasteiger partial charge on any atom is -0.378 e. The highest BCUT2D eigenvalue weighted by Gasteiger charge is 2.25. The predicted molar refractivity (Wildman–Crippen MR) is 84.1 cm³/mol. The van der Waals surface area contributed by atoms with Gasteiger partial charge in [0.15, 0.2) is 0 Å². The molecule has 2 atom stereocenters. The van der Waals surface area contributed by atoms with Gasteiger partial charge in [0, 0.05) is 45.2 Å². The number of rotatable bonds is 7. The Morgan fingerprint density at radius 1 is 1.33 bits per heavy atom. The Labute approximate surface area is 128 Å². The molecule has 0 spiro atoms. The smallest absolute Gasteiger partial charge is 0.222 e. The Kier molecular flexibility index (Phi) is 6.93. The lowest BCUT2D eigenvalue weighted by Gasteiger charge is -2.39. The molecule has 0 radical (unpaired) electrons. The molecule has 2 saturated heterocycles. The van der Waals surface area contributed by atoms with E-state index in [9.17, 15) is 4.79 Å². The van der Waals surface area contributed by atoms with Crippen molar-refractivity contribution in [2.75, 3.05) is 39.3 Å². The van der Waals surface area contributed by atoms with Gasteiger partial charge in [-0.2, -0.15) is 0 Å². The minimum absolute atomic E-state index is 0.303. The van der Waals surface area contributed by atoms with Gasteiger partial charge in [0.25, 0.3) is 0 Å². The first kappa shape index (κ1) is 16.7. The molecule has 2 N–H and O–H groups in total. The van der Waals surface area contributed by atoms with Gasteiger partial charge in [0.1, 0.15) is 0 Å². The van der Waals surface area contributed by atoms with E-state index in [-0.39, 0.29) is 0 Å². The Hall–Kier alpha value is -0.650. The lowest BCUT2D eigenvalue weighted by Crippen LogP contribution is -2.52. The molecular weight excluding hydrogens is 266 g/mol. The number of amides is 1. The van der Waals surface area contributed by atoms with E-state index < -0.39 is 0 Å². The van der Waals surface area contributed by atoms with E-state index in [0.717, 1.165) is 71.4 Å². The van der Waals surface area contributed by atoms with Gasteiger partial charge in [0.2, 0.25) is 5.91 Å². The highest BCUT2D eigenvalue weighted by atomic mass is 16.5. The molecule has 1 amide bonds. The zero-order chi connectivity index (χ0) is 15.1. The third kappa shape index (κ3) is 4.94. The second-order valence-corrected chi connectivity index (χ2v) is 6.23. The summed E-state index contributed by atoms with van der Waals surface area (Å²) in [5.74, 6) is 0.303. The van der Waals surface area contributed by atoms with Gasteiger partial charge in [-0.1, -0.05) is 6.92 Å². The molecule has 2 fully saturated rings. The Morgan fingerprint density at radius 3 is 2.67 bits per heavy atom. The van der Waals surface area contributed by atoms with Crippen LogP contribution in [0.4, 0.5) is 0 Å². The van der Waals surface area contributed by atoms with E-state index >= 15 is 0 Å². The number of carbonyl (C=O) groups excluding carboxylic acids is 1. The molecule has 5 nitrogen and oxygen atoms in total. The lowest BCUT2D eigenvalue weighted by atomic mass is 10.1. The van der Waals surface area contributed by atoms with Crippen LogP contribution in [0.5, 0.6) is 0 Å². The quantitative estimate of drug-likeness (QED) is 0.767. The van der Waals surface area contributed by atoms with Crippen molar-refractivity contribution in [3.63, 3.8) is 0 Å². The van der Waals surface area contributed by atoms with Crippen molar-refractivity contribution in [2.24, 2.45) is 5.73 Å². The minimum atomic E-state index is 0.303. The first-order chi connectivity index (χ1) is 10.2. The molecule has 0 aliphatic carbocycles. The number of carbonyl (C=O) groups is 1. The molecule has 2 heterocycles. The maximum atomic E-state index is 12.3. The van der Waals surface area contributed by atoms with Crippen molar-refractivity contribution < 1.29 is 9.53 Å². The zero-order valence-electron chi connectivity index (χ0n) is 13.4. The maximum Gasteiger partial charge on any atom is 0.222 e. The summed E-state index contributed by atoms with van der Waals surface area (Å²) in [5, 5.41) is 0. The van der Waals surface area contributed by atoms with Gasteiger partial charge in [0.05, 0.1) is 6.10 Å². The van der Waals surface area contributed by atoms with Crippen LogP contribution in [-0.2, 0) is 9.53 Å². The third-order valence-corrected chi connectivity index (χ3v) is 4.86. The highest BCUT2D eigenvalue weighted by molar-refractivity contribution is 5.76. The van der Waals surface area contributed by atoms with Crippen LogP contribution in [0.1, 0.15) is 45.4 Å². The molecule has 0 saturated carbocycles. The van der Waals surface area contributed by atoms with Crippen LogP contribution in [0.3, 0.4) is 0 Å². The van der Waals surface area contributed by atoms with Gasteiger partial charge in [-0.05, 0) is 38.6 Å². The fourth-order valence-electron chi connectivity index (χ4n) is 3.49. The van der Waals surface area contributed by atoms with Crippen LogP contribution in [0.25, 0.3) is 0 Å². The standard InChI is InChI=1S/C16H31N3O2/c1-2-14(7-8-17)18-9-11-19(12-10-18)16(20)6-5-15-4-3-13-21-15/h14-15H,2-13,17H2,1H3. The summed E-state index contributed by atoms with van der Waals surface area (Å²) < 4.78 is 5.59. The second kappa shape index (κ2) is 8.71. The molecule has 2 rings (SSSR count). The van der Waals surface area contributed by atoms with Gasteiger partial charge in [-0.15, -0.1) is 0 Å². The van der Waals surface area contributed by atoms with Crippen molar-refractivity contribution in [1.29, 1.82) is 0 Å². The highest BCUT2D eigenvalue weighted by Crippen LogP contribution is 2.18. The van der Waals surface area contributed by atoms with Crippen molar-refractivity contribution >= 4 is 5.91 Å². The summed E-state index contributed by atoms with van der Waals surface area (Å²) in [6.07, 6.45) is 6.33. The monoisotopic (exact) mass is 297 g/mol. The summed E-state index contributed by atoms with van der Waals surface area (Å²) >= 11 is 0. The van der Waals surface area contributed by atoms with E-state index in [1.54, 1.807) is 0 Å². The third-order valence-electron chi connectivity index (χ3n) is 4.86. The van der Waals surface area contributed by atoms with E-state index in [2.05, 4.69) is 11.8 Å². The van der Waals surface area contributed by atoms with E-state index in [1.807, 2.05) is 4.90 Å². The van der Waals surface area contributed by atoms with Gasteiger partial charge in [-0.25, -0.2) is 0 Å². The molecule has 0 aromatic heterocycles. The Bertz CT molecular complexity index is 311. The molecule has 0 bridgehead atoms. The molecule has 21 heavy (non-hydrogen) atoms. The number of ether oxygens (including phenoxy) is 1. The SMILES string of the molecule is CCC(CCN)N1CCN(C(=O)CCC2CCCO2)CC1. The molecule has 2 unspecified atom stereocenters. The van der Waals surface area contributed by atoms with Gasteiger partial charge >= 0.3 is 0 Å². The number of piperazine rings is 1. The Balaban J connectivity index is 1.68. The first-order valence-electron chi connectivity index (χ1n) is 8.58. The molecule has 0 aromatic carbocycles. The average molecular weight is 297 g/mol. The summed E-state index contributed by atoms with van der Waals surface area (Å²) in [7, 11) is 0. The number of hydrogen-bond donors (Lipinski definition) is 1. The summed E-state index contributed by atoms with van der Waals surface area (Å²) in [5.41, 5.74) is 5.68. The fourth-order valence-corrected chi connectivity index (χ4v) is 3.49. The topological polar surface area (TPSA) is 58.8 Å². The average Bonchev–Trinajstić information content (AvgIpc) is 3.04. The van der Waals surface area contributed by atoms with E-state index in [0.29, 0.717) is 24.5 Å². The Morgan fingerprint density at radius 2 is 2.10 bits per heavy atom. The normalized spacial score (nSPS) is 25.2. The molecule has 2 aliphatic heterocycles. The van der Waals surface area contributed by atoms with Gasteiger partial charge < -0.3 is 15.4 Å². The number of nitrogens with zero attached hydrogens (tertiary/aromatic N) is 2. The van der Waals surface area contributed by atoms with E-state index in [1.165, 1.54) is 0 Å². The maximum absolute atomic E-state index is 12.3. The summed E-state index contributed by atoms with van der Waals surface area (Å²) in [6.45, 7) is 7.56. The first-order valence-corrected chi connectivity index (χ1v) is 8.58. The largest absolute Gasteiger partial charge is 0.378 e. The number of nitrogens with two attached hydrogens (primary N) is 1. The van der Waals surface area contributed by atoms with Crippen LogP contribution < -0.4 is 5.73 Å². The summed E-state index contributed by atoms with van der Waals surface area (Å²) in [6, 6.07) is 0.583. The van der Waals surface area contributed by atoms with Gasteiger partial charge in [-0.3, -0.25) is 9.69 Å². The molecule has 122 valence electrons. The molecule has 2 aliphatic rings. The molecule has 0 aromatic rings. The van der Waals surface area contributed by atoms with Crippen molar-refractivity contribution in [3.8, 4) is 0 Å². The van der Waals surface area contributed by atoms with Crippen molar-refractivity contribution in [2.45, 2.75) is 57.6 Å². The van der Waals surface area contributed by atoms with Crippen LogP contribution in [-0.4, -0.2) is 67.2 Å². The van der Waals surface area contributed by atoms with Crippen LogP contribution in [0.2, 0.25) is 0 Å². The molecular formula is C16H31N3O2. The van der Waals surface area contributed by atoms with Crippen LogP contribution in [0, 0.1) is 0 Å². The van der Waals surface area contributed by atoms with Crippen LogP contribution >= 0.6 is 0 Å². The van der Waals surface area contributed by atoms with E-state index in [4.69, 9.17) is 10.5 Å². The predicted octanol–water partition coefficient (Wildman–Crippen LogP) is 1.22. The lowest BCUT2D eigenvalue weighted by molar-refractivity contribution is -0.134. The fraction of sp³-hybridized carbons (Fsp3) is 0.938. The zero-order valence-corrected chi connectivity index (χ0v) is 13.4. The van der Waals surface area contributed by atoms with Crippen molar-refractivity contribution in [3.05, 3.63) is 0 Å². The number of hydrogen-bond acceptors (Lipinski definition) is 4. The van der Waals surface area contributed by atoms with Crippen molar-refractivity contribution in [1.82, 2.24) is 9.80 Å². The van der Waals surface area contributed by atoms with Crippen LogP contribution in [0.15, 0.2) is 0 Å². The second-order valence-electron chi connectivity index (χ2n) is 6.23.